The van der Waals surface area contributed by atoms with Gasteiger partial charge in [0.2, 0.25) is 5.91 Å². The number of carbonyl (C=O) groups excluding carboxylic acids is 3. The highest BCUT2D eigenvalue weighted by Crippen LogP contribution is 2.12. The number of unbranched alkanes of at least 4 members (excludes halogenated alkanes) is 5. The van der Waals surface area contributed by atoms with Gasteiger partial charge in [-0.15, -0.1) is 0 Å². The maximum atomic E-state index is 13.7. The number of amides is 2. The van der Waals surface area contributed by atoms with Crippen molar-refractivity contribution in [3.05, 3.63) is 131 Å². The molecule has 0 aliphatic carbocycles. The van der Waals surface area contributed by atoms with Gasteiger partial charge < -0.3 is 20.7 Å². The lowest BCUT2D eigenvalue weighted by molar-refractivity contribution is -0.123. The Kier molecular flexibility index (Phi) is 15.3. The molecule has 8 heteroatoms. The van der Waals surface area contributed by atoms with Crippen molar-refractivity contribution in [1.82, 2.24) is 25.9 Å². The first-order valence-corrected chi connectivity index (χ1v) is 16.9. The molecule has 0 unspecified atom stereocenters. The minimum atomic E-state index is -0.919. The second kappa shape index (κ2) is 20.6. The summed E-state index contributed by atoms with van der Waals surface area (Å²) in [6.07, 6.45) is 11.2. The van der Waals surface area contributed by atoms with E-state index in [2.05, 4.69) is 56.5 Å². The van der Waals surface area contributed by atoms with Crippen LogP contribution in [-0.4, -0.2) is 53.2 Å². The second-order valence-electron chi connectivity index (χ2n) is 11.6. The number of nitrogens with one attached hydrogen (secondary N) is 3. The van der Waals surface area contributed by atoms with Crippen molar-refractivity contribution >= 4 is 18.1 Å². The van der Waals surface area contributed by atoms with Crippen LogP contribution in [0.4, 0.5) is 0 Å². The zero-order valence-electron chi connectivity index (χ0n) is 28.0. The Labute approximate surface area is 289 Å². The molecule has 8 nitrogen and oxygen atoms in total. The highest BCUT2D eigenvalue weighted by molar-refractivity contribution is 5.98. The first-order chi connectivity index (χ1) is 24.1. The van der Waals surface area contributed by atoms with Crippen LogP contribution in [0.15, 0.2) is 97.3 Å². The van der Waals surface area contributed by atoms with Crippen LogP contribution in [0, 0.1) is 23.7 Å². The van der Waals surface area contributed by atoms with Gasteiger partial charge in [-0.2, -0.15) is 0 Å². The fraction of sp³-hybridized carbons (Fsp3) is 0.293. The van der Waals surface area contributed by atoms with Crippen molar-refractivity contribution in [3.8, 4) is 23.7 Å². The molecule has 250 valence electrons. The number of nitrogens with zero attached hydrogens (tertiary/aromatic N) is 2. The van der Waals surface area contributed by atoms with E-state index >= 15 is 0 Å². The van der Waals surface area contributed by atoms with Crippen LogP contribution in [0.25, 0.3) is 0 Å². The summed E-state index contributed by atoms with van der Waals surface area (Å²) in [4.78, 5) is 47.5. The minimum Gasteiger partial charge on any atom is -0.354 e. The molecule has 4 aromatic rings. The average Bonchev–Trinajstić information content (AvgIpc) is 3.15. The first-order valence-electron chi connectivity index (χ1n) is 16.9. The molecule has 0 aliphatic heterocycles. The van der Waals surface area contributed by atoms with E-state index in [9.17, 15) is 14.4 Å². The van der Waals surface area contributed by atoms with Gasteiger partial charge in [0.1, 0.15) is 23.7 Å². The van der Waals surface area contributed by atoms with Crippen LogP contribution >= 0.6 is 0 Å². The lowest BCUT2D eigenvalue weighted by Gasteiger charge is -2.21. The number of hydrogen-bond donors (Lipinski definition) is 3. The van der Waals surface area contributed by atoms with E-state index in [0.717, 1.165) is 31.1 Å². The molecule has 2 amide bonds. The molecule has 4 rings (SSSR count). The number of rotatable bonds is 16. The molecule has 2 heterocycles. The van der Waals surface area contributed by atoms with Gasteiger partial charge in [-0.05, 0) is 72.7 Å². The van der Waals surface area contributed by atoms with E-state index in [1.54, 1.807) is 36.7 Å². The van der Waals surface area contributed by atoms with Crippen LogP contribution in [0.5, 0.6) is 0 Å². The lowest BCUT2D eigenvalue weighted by atomic mass is 10.0. The normalized spacial score (nSPS) is 11.5. The minimum absolute atomic E-state index is 0.0737. The van der Waals surface area contributed by atoms with Crippen molar-refractivity contribution < 1.29 is 14.4 Å². The number of aldehydes is 1. The summed E-state index contributed by atoms with van der Waals surface area (Å²) in [5, 5.41) is 9.04. The van der Waals surface area contributed by atoms with Crippen molar-refractivity contribution in [1.29, 1.82) is 0 Å². The summed E-state index contributed by atoms with van der Waals surface area (Å²) in [6, 6.07) is 24.2. The van der Waals surface area contributed by atoms with Gasteiger partial charge in [-0.1, -0.05) is 93.3 Å². The van der Waals surface area contributed by atoms with Crippen molar-refractivity contribution in [2.75, 3.05) is 13.1 Å². The quantitative estimate of drug-likeness (QED) is 0.0866. The molecule has 3 N–H and O–H groups in total. The molecule has 2 aromatic heterocycles. The molecule has 0 bridgehead atoms. The topological polar surface area (TPSA) is 113 Å². The smallest absolute Gasteiger partial charge is 0.252 e. The van der Waals surface area contributed by atoms with E-state index in [1.165, 1.54) is 19.3 Å². The highest BCUT2D eigenvalue weighted by atomic mass is 16.2. The van der Waals surface area contributed by atoms with E-state index in [-0.39, 0.29) is 12.5 Å². The van der Waals surface area contributed by atoms with Gasteiger partial charge >= 0.3 is 0 Å². The Morgan fingerprint density at radius 1 is 0.755 bits per heavy atom. The zero-order chi connectivity index (χ0) is 34.5. The summed E-state index contributed by atoms with van der Waals surface area (Å²) >= 11 is 0. The molecular weight excluding hydrogens is 610 g/mol. The van der Waals surface area contributed by atoms with Gasteiger partial charge in [-0.3, -0.25) is 9.59 Å². The molecule has 0 aliphatic rings. The third-order valence-electron chi connectivity index (χ3n) is 7.76. The van der Waals surface area contributed by atoms with Gasteiger partial charge in [0.05, 0.1) is 6.04 Å². The molecule has 2 aromatic carbocycles. The Hall–Kier alpha value is -5.57. The van der Waals surface area contributed by atoms with E-state index < -0.39 is 18.0 Å². The summed E-state index contributed by atoms with van der Waals surface area (Å²) in [5.41, 5.74) is 3.65. The third kappa shape index (κ3) is 12.9. The van der Waals surface area contributed by atoms with E-state index in [1.807, 2.05) is 60.7 Å². The van der Waals surface area contributed by atoms with Gasteiger partial charge in [-0.25, -0.2) is 9.97 Å². The fourth-order valence-electron chi connectivity index (χ4n) is 5.03. The number of benzene rings is 2. The summed E-state index contributed by atoms with van der Waals surface area (Å²) in [5.74, 6) is 11.6. The fourth-order valence-corrected chi connectivity index (χ4v) is 5.03. The zero-order valence-corrected chi connectivity index (χ0v) is 28.0. The van der Waals surface area contributed by atoms with Crippen LogP contribution in [0.1, 0.15) is 83.9 Å². The molecular formula is C41H43N5O3. The predicted molar refractivity (Wildman–Crippen MR) is 193 cm³/mol. The monoisotopic (exact) mass is 653 g/mol. The second-order valence-corrected chi connectivity index (χ2v) is 11.6. The van der Waals surface area contributed by atoms with Crippen LogP contribution in [0.2, 0.25) is 0 Å². The molecule has 0 saturated carbocycles. The number of carbonyl (C=O) groups is 3. The maximum absolute atomic E-state index is 13.7. The van der Waals surface area contributed by atoms with Crippen molar-refractivity contribution in [2.45, 2.75) is 64.0 Å². The Morgan fingerprint density at radius 3 is 2.06 bits per heavy atom. The molecule has 2 atom stereocenters. The number of pyridine rings is 2. The van der Waals surface area contributed by atoms with E-state index in [4.69, 9.17) is 0 Å². The Bertz CT molecular complexity index is 1760. The SMILES string of the molecule is CCCCCCCCNC(=O)[C@@H](CN[C@H](C=O)Cc1ccccc1)NC(=O)c1ccc(C#Cc2ccccn2)c(C#Cc2ccccn2)c1. The molecule has 0 radical (unpaired) electrons. The predicted octanol–water partition coefficient (Wildman–Crippen LogP) is 5.25. The van der Waals surface area contributed by atoms with E-state index in [0.29, 0.717) is 41.0 Å². The van der Waals surface area contributed by atoms with Gasteiger partial charge in [0.15, 0.2) is 0 Å². The van der Waals surface area contributed by atoms with Crippen LogP contribution in [-0.2, 0) is 16.0 Å². The van der Waals surface area contributed by atoms with Gasteiger partial charge in [0.25, 0.3) is 5.91 Å². The summed E-state index contributed by atoms with van der Waals surface area (Å²) < 4.78 is 0. The summed E-state index contributed by atoms with van der Waals surface area (Å²) in [6.45, 7) is 2.76. The van der Waals surface area contributed by atoms with Gasteiger partial charge in [0, 0.05) is 42.2 Å². The third-order valence-corrected chi connectivity index (χ3v) is 7.76. The molecule has 49 heavy (non-hydrogen) atoms. The van der Waals surface area contributed by atoms with Crippen molar-refractivity contribution in [3.63, 3.8) is 0 Å². The maximum Gasteiger partial charge on any atom is 0.252 e. The first kappa shape index (κ1) is 36.3. The average molecular weight is 654 g/mol. The Balaban J connectivity index is 1.52. The summed E-state index contributed by atoms with van der Waals surface area (Å²) in [7, 11) is 0. The number of aromatic nitrogens is 2. The molecule has 0 fully saturated rings. The molecule has 0 saturated heterocycles. The molecule has 0 spiro atoms. The van der Waals surface area contributed by atoms with Crippen molar-refractivity contribution in [2.24, 2.45) is 0 Å². The van der Waals surface area contributed by atoms with Crippen LogP contribution < -0.4 is 16.0 Å². The number of hydrogen-bond acceptors (Lipinski definition) is 6. The lowest BCUT2D eigenvalue weighted by Crippen LogP contribution is -2.53. The largest absolute Gasteiger partial charge is 0.354 e. The highest BCUT2D eigenvalue weighted by Gasteiger charge is 2.23. The Morgan fingerprint density at radius 2 is 1.41 bits per heavy atom. The standard InChI is InChI=1S/C41H43N5O3/c1-2-3-4-5-6-12-27-44-41(49)39(30-45-38(31-47)28-32-15-8-7-9-16-32)46-40(48)35-20-19-33(21-23-36-17-10-13-25-42-36)34(29-35)22-24-37-18-11-14-26-43-37/h7-11,13-20,25-26,29,31,38-39,45H,2-6,12,27-28,30H2,1H3,(H,44,49)(H,46,48)/t38-,39+/m0/s1. The van der Waals surface area contributed by atoms with Crippen LogP contribution in [0.3, 0.4) is 0 Å².